The quantitative estimate of drug-likeness (QED) is 0.922. The molecule has 128 valence electrons. The third kappa shape index (κ3) is 2.82. The summed E-state index contributed by atoms with van der Waals surface area (Å²) in [4.78, 5) is 18.0. The topological polar surface area (TPSA) is 54.6 Å². The van der Waals surface area contributed by atoms with Gasteiger partial charge in [0.25, 0.3) is 5.91 Å². The molecule has 0 bridgehead atoms. The Morgan fingerprint density at radius 3 is 2.75 bits per heavy atom. The Morgan fingerprint density at radius 2 is 2.00 bits per heavy atom. The number of piperidine rings is 1. The van der Waals surface area contributed by atoms with Gasteiger partial charge in [0, 0.05) is 29.7 Å². The minimum Gasteiger partial charge on any atom is -0.376 e. The molecule has 1 amide bonds. The summed E-state index contributed by atoms with van der Waals surface area (Å²) in [5, 5.41) is 1.32. The number of aromatic nitrogens is 1. The van der Waals surface area contributed by atoms with E-state index in [-0.39, 0.29) is 5.91 Å². The Balaban J connectivity index is 1.45. The predicted molar refractivity (Wildman–Crippen MR) is 92.1 cm³/mol. The van der Waals surface area contributed by atoms with Gasteiger partial charge < -0.3 is 19.4 Å². The second kappa shape index (κ2) is 6.57. The highest BCUT2D eigenvalue weighted by Gasteiger charge is 2.31. The molecule has 1 atom stereocenters. The first-order chi connectivity index (χ1) is 11.7. The number of rotatable bonds is 2. The first-order valence-electron chi connectivity index (χ1n) is 8.79. The Hall–Kier alpha value is -1.85. The maximum absolute atomic E-state index is 12.5. The van der Waals surface area contributed by atoms with Crippen LogP contribution in [0.15, 0.2) is 24.3 Å². The maximum Gasteiger partial charge on any atom is 0.254 e. The highest BCUT2D eigenvalue weighted by atomic mass is 16.6. The minimum absolute atomic E-state index is 0.0869. The molecule has 1 aromatic heterocycles. The molecule has 24 heavy (non-hydrogen) atoms. The molecule has 5 nitrogen and oxygen atoms in total. The van der Waals surface area contributed by atoms with E-state index in [1.165, 1.54) is 22.2 Å². The molecule has 2 aromatic rings. The average Bonchev–Trinajstić information content (AvgIpc) is 2.98. The van der Waals surface area contributed by atoms with Gasteiger partial charge in [-0.2, -0.15) is 0 Å². The normalized spacial score (nSPS) is 22.9. The van der Waals surface area contributed by atoms with Crippen molar-refractivity contribution in [2.75, 3.05) is 32.9 Å². The average molecular weight is 328 g/mol. The first-order valence-corrected chi connectivity index (χ1v) is 8.79. The van der Waals surface area contributed by atoms with Crippen molar-refractivity contribution in [1.82, 2.24) is 9.88 Å². The summed E-state index contributed by atoms with van der Waals surface area (Å²) in [5.41, 5.74) is 3.89. The minimum atomic E-state index is -0.412. The number of fused-ring (bicyclic) bond motifs is 1. The zero-order valence-corrected chi connectivity index (χ0v) is 14.1. The highest BCUT2D eigenvalue weighted by molar-refractivity contribution is 5.85. The van der Waals surface area contributed by atoms with Gasteiger partial charge in [0.05, 0.1) is 19.8 Å². The van der Waals surface area contributed by atoms with Crippen molar-refractivity contribution < 1.29 is 14.3 Å². The van der Waals surface area contributed by atoms with E-state index in [0.29, 0.717) is 25.7 Å². The number of nitrogens with one attached hydrogen (secondary N) is 1. The van der Waals surface area contributed by atoms with Crippen molar-refractivity contribution in [3.05, 3.63) is 35.5 Å². The molecule has 0 radical (unpaired) electrons. The largest absolute Gasteiger partial charge is 0.376 e. The van der Waals surface area contributed by atoms with Crippen LogP contribution in [0.5, 0.6) is 0 Å². The molecule has 2 aliphatic rings. The molecule has 1 N–H and O–H groups in total. The number of carbonyl (C=O) groups excluding carboxylic acids is 1. The Morgan fingerprint density at radius 1 is 1.21 bits per heavy atom. The molecule has 1 aromatic carbocycles. The summed E-state index contributed by atoms with van der Waals surface area (Å²) < 4.78 is 10.9. The maximum atomic E-state index is 12.5. The summed E-state index contributed by atoms with van der Waals surface area (Å²) >= 11 is 0. The molecule has 2 fully saturated rings. The molecule has 2 saturated heterocycles. The molecular weight excluding hydrogens is 304 g/mol. The van der Waals surface area contributed by atoms with E-state index >= 15 is 0 Å². The van der Waals surface area contributed by atoms with Gasteiger partial charge in [-0.3, -0.25) is 4.79 Å². The van der Waals surface area contributed by atoms with E-state index in [0.717, 1.165) is 25.9 Å². The van der Waals surface area contributed by atoms with Crippen LogP contribution in [0, 0.1) is 6.92 Å². The molecule has 5 heteroatoms. The van der Waals surface area contributed by atoms with Gasteiger partial charge in [0.1, 0.15) is 0 Å². The van der Waals surface area contributed by atoms with E-state index in [2.05, 4.69) is 36.2 Å². The van der Waals surface area contributed by atoms with Gasteiger partial charge in [-0.15, -0.1) is 0 Å². The number of H-pyrrole nitrogens is 1. The lowest BCUT2D eigenvalue weighted by Gasteiger charge is -2.35. The zero-order valence-electron chi connectivity index (χ0n) is 14.1. The van der Waals surface area contributed by atoms with Gasteiger partial charge in [-0.1, -0.05) is 18.2 Å². The number of nitrogens with zero attached hydrogens (tertiary/aromatic N) is 1. The zero-order chi connectivity index (χ0) is 16.5. The van der Waals surface area contributed by atoms with E-state index in [9.17, 15) is 4.79 Å². The lowest BCUT2D eigenvalue weighted by molar-refractivity contribution is -0.158. The van der Waals surface area contributed by atoms with Crippen LogP contribution in [0.3, 0.4) is 0 Å². The molecular formula is C19H24N2O3. The van der Waals surface area contributed by atoms with Crippen LogP contribution >= 0.6 is 0 Å². The van der Waals surface area contributed by atoms with E-state index in [1.54, 1.807) is 0 Å². The molecule has 0 spiro atoms. The number of benzene rings is 1. The Bertz CT molecular complexity index is 725. The summed E-state index contributed by atoms with van der Waals surface area (Å²) in [7, 11) is 0. The van der Waals surface area contributed by atoms with Gasteiger partial charge in [0.2, 0.25) is 0 Å². The van der Waals surface area contributed by atoms with Crippen molar-refractivity contribution in [3.8, 4) is 0 Å². The Labute approximate surface area is 141 Å². The lowest BCUT2D eigenvalue weighted by atomic mass is 9.87. The number of ether oxygens (including phenoxy) is 2. The standard InChI is InChI=1S/C19H24N2O3/c1-13-18(15-4-2-3-5-16(15)20-13)14-6-8-21(9-7-14)19(22)17-12-23-10-11-24-17/h2-5,14,17,20H,6-12H2,1H3/t17-/m0/s1. The number of hydrogen-bond donors (Lipinski definition) is 1. The van der Waals surface area contributed by atoms with Crippen LogP contribution in [-0.2, 0) is 14.3 Å². The Kier molecular flexibility index (Phi) is 4.29. The fourth-order valence-electron chi connectivity index (χ4n) is 4.05. The van der Waals surface area contributed by atoms with E-state index in [4.69, 9.17) is 9.47 Å². The number of amides is 1. The summed E-state index contributed by atoms with van der Waals surface area (Å²) in [6.45, 7) is 5.23. The fraction of sp³-hybridized carbons (Fsp3) is 0.526. The fourth-order valence-corrected chi connectivity index (χ4v) is 4.05. The van der Waals surface area contributed by atoms with Crippen molar-refractivity contribution in [2.45, 2.75) is 31.8 Å². The molecule has 4 rings (SSSR count). The van der Waals surface area contributed by atoms with Crippen LogP contribution in [0.4, 0.5) is 0 Å². The van der Waals surface area contributed by atoms with Gasteiger partial charge in [-0.05, 0) is 37.3 Å². The smallest absolute Gasteiger partial charge is 0.254 e. The third-order valence-corrected chi connectivity index (χ3v) is 5.25. The second-order valence-corrected chi connectivity index (χ2v) is 6.74. The van der Waals surface area contributed by atoms with Crippen LogP contribution < -0.4 is 0 Å². The van der Waals surface area contributed by atoms with Gasteiger partial charge in [-0.25, -0.2) is 0 Å². The molecule has 0 unspecified atom stereocenters. The SMILES string of the molecule is Cc1[nH]c2ccccc2c1C1CCN(C(=O)[C@@H]2COCCO2)CC1. The number of hydrogen-bond acceptors (Lipinski definition) is 3. The van der Waals surface area contributed by atoms with Crippen molar-refractivity contribution >= 4 is 16.8 Å². The van der Waals surface area contributed by atoms with E-state index in [1.807, 2.05) is 4.90 Å². The monoisotopic (exact) mass is 328 g/mol. The molecule has 0 saturated carbocycles. The van der Waals surface area contributed by atoms with Crippen LogP contribution in [0.2, 0.25) is 0 Å². The van der Waals surface area contributed by atoms with E-state index < -0.39 is 6.10 Å². The third-order valence-electron chi connectivity index (χ3n) is 5.25. The number of para-hydroxylation sites is 1. The van der Waals surface area contributed by atoms with Crippen LogP contribution in [0.25, 0.3) is 10.9 Å². The predicted octanol–water partition coefficient (Wildman–Crippen LogP) is 2.60. The summed E-state index contributed by atoms with van der Waals surface area (Å²) in [5.74, 6) is 0.595. The molecule has 2 aliphatic heterocycles. The van der Waals surface area contributed by atoms with Gasteiger partial charge >= 0.3 is 0 Å². The molecule has 3 heterocycles. The summed E-state index contributed by atoms with van der Waals surface area (Å²) in [6.07, 6.45) is 1.59. The number of carbonyl (C=O) groups is 1. The first kappa shape index (κ1) is 15.7. The highest BCUT2D eigenvalue weighted by Crippen LogP contribution is 2.35. The number of likely N-dealkylation sites (tertiary alicyclic amines) is 1. The van der Waals surface area contributed by atoms with Crippen molar-refractivity contribution in [2.24, 2.45) is 0 Å². The lowest BCUT2D eigenvalue weighted by Crippen LogP contribution is -2.47. The van der Waals surface area contributed by atoms with Crippen molar-refractivity contribution in [1.29, 1.82) is 0 Å². The number of aromatic amines is 1. The number of aryl methyl sites for hydroxylation is 1. The van der Waals surface area contributed by atoms with Crippen LogP contribution in [0.1, 0.15) is 30.0 Å². The summed E-state index contributed by atoms with van der Waals surface area (Å²) in [6, 6.07) is 8.48. The molecule has 0 aliphatic carbocycles. The second-order valence-electron chi connectivity index (χ2n) is 6.74. The van der Waals surface area contributed by atoms with Crippen LogP contribution in [-0.4, -0.2) is 54.8 Å². The van der Waals surface area contributed by atoms with Gasteiger partial charge in [0.15, 0.2) is 6.10 Å². The van der Waals surface area contributed by atoms with Crippen molar-refractivity contribution in [3.63, 3.8) is 0 Å².